The van der Waals surface area contributed by atoms with Crippen molar-refractivity contribution >= 4 is 0 Å². The van der Waals surface area contributed by atoms with Crippen LogP contribution in [0.2, 0.25) is 0 Å². The standard InChI is InChI=1S/C9H14N2O2/c1-6(13)9(10)7-2-3-8(5-12)11-4-7/h2-4,6,9,12-13H,5,10H2,1H3. The maximum Gasteiger partial charge on any atom is 0.0852 e. The van der Waals surface area contributed by atoms with Crippen molar-refractivity contribution in [3.8, 4) is 0 Å². The number of hydrogen-bond acceptors (Lipinski definition) is 4. The summed E-state index contributed by atoms with van der Waals surface area (Å²) < 4.78 is 0. The highest BCUT2D eigenvalue weighted by molar-refractivity contribution is 5.17. The lowest BCUT2D eigenvalue weighted by Crippen LogP contribution is -2.23. The van der Waals surface area contributed by atoms with E-state index in [1.54, 1.807) is 25.3 Å². The molecule has 1 heterocycles. The molecule has 2 unspecified atom stereocenters. The van der Waals surface area contributed by atoms with Crippen LogP contribution in [0, 0.1) is 0 Å². The van der Waals surface area contributed by atoms with Crippen LogP contribution in [0.3, 0.4) is 0 Å². The minimum Gasteiger partial charge on any atom is -0.391 e. The molecule has 0 aliphatic rings. The Balaban J connectivity index is 2.79. The van der Waals surface area contributed by atoms with Gasteiger partial charge in [0.2, 0.25) is 0 Å². The summed E-state index contributed by atoms with van der Waals surface area (Å²) in [6.07, 6.45) is 0.977. The van der Waals surface area contributed by atoms with E-state index in [9.17, 15) is 5.11 Å². The molecule has 72 valence electrons. The molecule has 4 nitrogen and oxygen atoms in total. The van der Waals surface area contributed by atoms with E-state index < -0.39 is 12.1 Å². The number of nitrogens with two attached hydrogens (primary N) is 1. The number of aromatic nitrogens is 1. The molecule has 0 saturated heterocycles. The zero-order valence-electron chi connectivity index (χ0n) is 7.51. The molecule has 0 spiro atoms. The predicted octanol–water partition coefficient (Wildman–Crippen LogP) is -0.0455. The molecule has 4 N–H and O–H groups in total. The summed E-state index contributed by atoms with van der Waals surface area (Å²) in [6, 6.07) is 3.04. The highest BCUT2D eigenvalue weighted by Gasteiger charge is 2.11. The summed E-state index contributed by atoms with van der Waals surface area (Å²) in [7, 11) is 0. The summed E-state index contributed by atoms with van der Waals surface area (Å²) in [4.78, 5) is 3.96. The van der Waals surface area contributed by atoms with Crippen LogP contribution in [0.4, 0.5) is 0 Å². The fourth-order valence-electron chi connectivity index (χ4n) is 1.01. The van der Waals surface area contributed by atoms with Crippen LogP contribution in [0.25, 0.3) is 0 Å². The predicted molar refractivity (Wildman–Crippen MR) is 48.8 cm³/mol. The summed E-state index contributed by atoms with van der Waals surface area (Å²) in [5, 5.41) is 17.9. The fraction of sp³-hybridized carbons (Fsp3) is 0.444. The minimum absolute atomic E-state index is 0.0792. The average molecular weight is 182 g/mol. The first kappa shape index (κ1) is 10.1. The van der Waals surface area contributed by atoms with Gasteiger partial charge in [-0.2, -0.15) is 0 Å². The summed E-state index contributed by atoms with van der Waals surface area (Å²) in [5.74, 6) is 0. The maximum atomic E-state index is 9.20. The van der Waals surface area contributed by atoms with Gasteiger partial charge >= 0.3 is 0 Å². The molecule has 13 heavy (non-hydrogen) atoms. The molecule has 0 fully saturated rings. The number of hydrogen-bond donors (Lipinski definition) is 3. The Morgan fingerprint density at radius 1 is 1.54 bits per heavy atom. The van der Waals surface area contributed by atoms with Crippen molar-refractivity contribution in [2.45, 2.75) is 25.7 Å². The molecule has 0 aliphatic carbocycles. The number of nitrogens with zero attached hydrogens (tertiary/aromatic N) is 1. The molecule has 0 saturated carbocycles. The fourth-order valence-corrected chi connectivity index (χ4v) is 1.01. The summed E-state index contributed by atoms with van der Waals surface area (Å²) in [6.45, 7) is 1.55. The zero-order chi connectivity index (χ0) is 9.84. The highest BCUT2D eigenvalue weighted by atomic mass is 16.3. The van der Waals surface area contributed by atoms with Crippen molar-refractivity contribution in [3.05, 3.63) is 29.6 Å². The SMILES string of the molecule is CC(O)C(N)c1ccc(CO)nc1. The van der Waals surface area contributed by atoms with E-state index in [1.807, 2.05) is 0 Å². The van der Waals surface area contributed by atoms with Gasteiger partial charge in [-0.1, -0.05) is 6.07 Å². The quantitative estimate of drug-likeness (QED) is 0.612. The Morgan fingerprint density at radius 2 is 2.23 bits per heavy atom. The van der Waals surface area contributed by atoms with Crippen molar-refractivity contribution in [1.29, 1.82) is 0 Å². The molecule has 1 aromatic rings. The second-order valence-electron chi connectivity index (χ2n) is 3.01. The Morgan fingerprint density at radius 3 is 2.62 bits per heavy atom. The van der Waals surface area contributed by atoms with Gasteiger partial charge in [0.25, 0.3) is 0 Å². The average Bonchev–Trinajstić information content (AvgIpc) is 2.17. The highest BCUT2D eigenvalue weighted by Crippen LogP contribution is 2.12. The smallest absolute Gasteiger partial charge is 0.0852 e. The molecule has 0 bridgehead atoms. The van der Waals surface area contributed by atoms with Gasteiger partial charge in [0.15, 0.2) is 0 Å². The Kier molecular flexibility index (Phi) is 3.36. The normalized spacial score (nSPS) is 15.4. The topological polar surface area (TPSA) is 79.4 Å². The van der Waals surface area contributed by atoms with Gasteiger partial charge in [-0.05, 0) is 18.6 Å². The molecular formula is C9H14N2O2. The van der Waals surface area contributed by atoms with Gasteiger partial charge in [0.05, 0.1) is 24.4 Å². The van der Waals surface area contributed by atoms with E-state index in [0.717, 1.165) is 5.56 Å². The number of aliphatic hydroxyl groups excluding tert-OH is 2. The summed E-state index contributed by atoms with van der Waals surface area (Å²) in [5.41, 5.74) is 7.05. The molecule has 4 heteroatoms. The van der Waals surface area contributed by atoms with Gasteiger partial charge in [-0.15, -0.1) is 0 Å². The molecule has 0 radical (unpaired) electrons. The maximum absolute atomic E-state index is 9.20. The van der Waals surface area contributed by atoms with E-state index in [4.69, 9.17) is 10.8 Å². The van der Waals surface area contributed by atoms with Crippen LogP contribution in [0.5, 0.6) is 0 Å². The van der Waals surface area contributed by atoms with Crippen molar-refractivity contribution < 1.29 is 10.2 Å². The number of aliphatic hydroxyl groups is 2. The van der Waals surface area contributed by atoms with Gasteiger partial charge in [-0.3, -0.25) is 4.98 Å². The minimum atomic E-state index is -0.596. The van der Waals surface area contributed by atoms with Crippen molar-refractivity contribution in [1.82, 2.24) is 4.98 Å². The number of pyridine rings is 1. The lowest BCUT2D eigenvalue weighted by Gasteiger charge is -2.14. The van der Waals surface area contributed by atoms with E-state index >= 15 is 0 Å². The Labute approximate surface area is 77.0 Å². The van der Waals surface area contributed by atoms with Crippen molar-refractivity contribution in [2.75, 3.05) is 0 Å². The first-order valence-corrected chi connectivity index (χ1v) is 4.14. The van der Waals surface area contributed by atoms with Crippen molar-refractivity contribution in [2.24, 2.45) is 5.73 Å². The third-order valence-electron chi connectivity index (χ3n) is 1.91. The van der Waals surface area contributed by atoms with Gasteiger partial charge in [0, 0.05) is 6.20 Å². The molecule has 1 rings (SSSR count). The number of rotatable bonds is 3. The third-order valence-corrected chi connectivity index (χ3v) is 1.91. The third kappa shape index (κ3) is 2.48. The second-order valence-corrected chi connectivity index (χ2v) is 3.01. The van der Waals surface area contributed by atoms with E-state index in [2.05, 4.69) is 4.98 Å². The molecule has 0 amide bonds. The van der Waals surface area contributed by atoms with Crippen LogP contribution >= 0.6 is 0 Å². The summed E-state index contributed by atoms with van der Waals surface area (Å²) >= 11 is 0. The molecule has 0 aliphatic heterocycles. The van der Waals surface area contributed by atoms with Gasteiger partial charge in [0.1, 0.15) is 0 Å². The lowest BCUT2D eigenvalue weighted by atomic mass is 10.1. The Bertz CT molecular complexity index is 259. The van der Waals surface area contributed by atoms with E-state index in [1.165, 1.54) is 0 Å². The van der Waals surface area contributed by atoms with Crippen LogP contribution in [0.15, 0.2) is 18.3 Å². The van der Waals surface area contributed by atoms with Crippen LogP contribution in [-0.2, 0) is 6.61 Å². The molecule has 2 atom stereocenters. The van der Waals surface area contributed by atoms with Crippen LogP contribution in [0.1, 0.15) is 24.2 Å². The zero-order valence-corrected chi connectivity index (χ0v) is 7.51. The van der Waals surface area contributed by atoms with Crippen LogP contribution < -0.4 is 5.73 Å². The van der Waals surface area contributed by atoms with Gasteiger partial charge < -0.3 is 15.9 Å². The monoisotopic (exact) mass is 182 g/mol. The molecular weight excluding hydrogens is 168 g/mol. The first-order chi connectivity index (χ1) is 6.15. The van der Waals surface area contributed by atoms with Crippen LogP contribution in [-0.4, -0.2) is 21.3 Å². The Hall–Kier alpha value is -0.970. The second kappa shape index (κ2) is 4.32. The van der Waals surface area contributed by atoms with Gasteiger partial charge in [-0.25, -0.2) is 0 Å². The lowest BCUT2D eigenvalue weighted by molar-refractivity contribution is 0.164. The largest absolute Gasteiger partial charge is 0.391 e. The van der Waals surface area contributed by atoms with Crippen molar-refractivity contribution in [3.63, 3.8) is 0 Å². The van der Waals surface area contributed by atoms with E-state index in [-0.39, 0.29) is 6.61 Å². The first-order valence-electron chi connectivity index (χ1n) is 4.14. The van der Waals surface area contributed by atoms with E-state index in [0.29, 0.717) is 5.69 Å². The molecule has 0 aromatic carbocycles. The molecule has 1 aromatic heterocycles.